The van der Waals surface area contributed by atoms with Crippen LogP contribution in [0.3, 0.4) is 0 Å². The zero-order chi connectivity index (χ0) is 17.9. The fourth-order valence-corrected chi connectivity index (χ4v) is 1.99. The second kappa shape index (κ2) is 10.4. The quantitative estimate of drug-likeness (QED) is 0.602. The summed E-state index contributed by atoms with van der Waals surface area (Å²) in [6, 6.07) is 0. The van der Waals surface area contributed by atoms with Crippen LogP contribution in [0.5, 0.6) is 0 Å². The van der Waals surface area contributed by atoms with E-state index >= 15 is 0 Å². The Balaban J connectivity index is 0. The lowest BCUT2D eigenvalue weighted by molar-refractivity contribution is -0.116. The average molecular weight is 316 g/mol. The Morgan fingerprint density at radius 2 is 1.55 bits per heavy atom. The van der Waals surface area contributed by atoms with Crippen LogP contribution in [0, 0.1) is 5.41 Å². The van der Waals surface area contributed by atoms with Crippen molar-refractivity contribution in [3.63, 3.8) is 0 Å². The van der Waals surface area contributed by atoms with E-state index in [9.17, 15) is 4.79 Å². The molecule has 7 heteroatoms. The van der Waals surface area contributed by atoms with Crippen LogP contribution in [0.4, 0.5) is 9.59 Å². The molecule has 0 unspecified atom stereocenters. The topological polar surface area (TPSA) is 132 Å². The Kier molecular flexibility index (Phi) is 10.4. The van der Waals surface area contributed by atoms with Gasteiger partial charge in [-0.25, -0.2) is 9.59 Å². The number of carbonyl (C=O) groups is 3. The van der Waals surface area contributed by atoms with E-state index in [-0.39, 0.29) is 5.41 Å². The van der Waals surface area contributed by atoms with Crippen LogP contribution in [-0.2, 0) is 4.79 Å². The van der Waals surface area contributed by atoms with E-state index in [0.29, 0.717) is 12.2 Å². The first kappa shape index (κ1) is 22.0. The molecule has 4 N–H and O–H groups in total. The Hall–Kier alpha value is -2.31. The van der Waals surface area contributed by atoms with Gasteiger partial charge < -0.3 is 20.4 Å². The van der Waals surface area contributed by atoms with E-state index in [2.05, 4.69) is 32.9 Å². The zero-order valence-corrected chi connectivity index (χ0v) is 13.3. The fourth-order valence-electron chi connectivity index (χ4n) is 1.99. The van der Waals surface area contributed by atoms with Crippen molar-refractivity contribution in [2.45, 2.75) is 47.0 Å². The van der Waals surface area contributed by atoms with Crippen molar-refractivity contribution < 1.29 is 34.8 Å². The average Bonchev–Trinajstić information content (AvgIpc) is 2.33. The molecule has 0 aromatic rings. The van der Waals surface area contributed by atoms with Gasteiger partial charge >= 0.3 is 12.3 Å². The Bertz CT molecular complexity index is 439. The number of ketones is 1. The Morgan fingerprint density at radius 1 is 1.14 bits per heavy atom. The zero-order valence-electron chi connectivity index (χ0n) is 13.3. The fraction of sp³-hybridized carbons (Fsp3) is 0.533. The normalized spacial score (nSPS) is 16.3. The molecule has 1 aliphatic carbocycles. The lowest BCUT2D eigenvalue weighted by atomic mass is 9.72. The number of carbonyl (C=O) groups excluding carboxylic acids is 1. The molecule has 0 aromatic heterocycles. The molecule has 22 heavy (non-hydrogen) atoms. The summed E-state index contributed by atoms with van der Waals surface area (Å²) in [5.74, 6) is 0.320. The van der Waals surface area contributed by atoms with Gasteiger partial charge in [-0.1, -0.05) is 32.9 Å². The maximum absolute atomic E-state index is 11.6. The molecule has 7 nitrogen and oxygen atoms in total. The van der Waals surface area contributed by atoms with E-state index in [0.717, 1.165) is 18.4 Å². The van der Waals surface area contributed by atoms with Crippen LogP contribution >= 0.6 is 0 Å². The van der Waals surface area contributed by atoms with Crippen molar-refractivity contribution in [3.05, 3.63) is 23.3 Å². The summed E-state index contributed by atoms with van der Waals surface area (Å²) in [6.45, 7) is 8.51. The Morgan fingerprint density at radius 3 is 1.91 bits per heavy atom. The van der Waals surface area contributed by atoms with Gasteiger partial charge in [0.1, 0.15) is 0 Å². The van der Waals surface area contributed by atoms with Crippen molar-refractivity contribution in [1.29, 1.82) is 0 Å². The van der Waals surface area contributed by atoms with E-state index < -0.39 is 12.3 Å². The molecule has 0 heterocycles. The largest absolute Gasteiger partial charge is 0.503 e. The molecule has 0 spiro atoms. The molecule has 1 rings (SSSR count). The van der Waals surface area contributed by atoms with Gasteiger partial charge in [0.15, 0.2) is 5.78 Å². The van der Waals surface area contributed by atoms with Crippen LogP contribution in [0.25, 0.3) is 0 Å². The van der Waals surface area contributed by atoms with E-state index in [1.807, 2.05) is 6.92 Å². The molecular weight excluding hydrogens is 292 g/mol. The second-order valence-corrected chi connectivity index (χ2v) is 5.22. The first-order valence-corrected chi connectivity index (χ1v) is 6.70. The summed E-state index contributed by atoms with van der Waals surface area (Å²) in [5.41, 5.74) is 2.37. The minimum Gasteiger partial charge on any atom is -0.450 e. The first-order chi connectivity index (χ1) is 9.95. The standard InChI is InChI=1S/C13H20O.2CH2O3/c1-5-6-7-11-10(2)12(14)8-9-13(11,3)4;2*2-1(3)4/h6-7H,5,8-9H2,1-4H3;2*(H2,2,3,4). The summed E-state index contributed by atoms with van der Waals surface area (Å²) in [6.07, 6.45) is 3.32. The van der Waals surface area contributed by atoms with Gasteiger partial charge in [0.25, 0.3) is 0 Å². The lowest BCUT2D eigenvalue weighted by Gasteiger charge is -2.32. The molecular formula is C15H24O7. The monoisotopic (exact) mass is 316 g/mol. The van der Waals surface area contributed by atoms with Crippen LogP contribution in [0.1, 0.15) is 47.0 Å². The number of rotatable bonds is 2. The minimum absolute atomic E-state index is 0.170. The van der Waals surface area contributed by atoms with Crippen LogP contribution in [-0.4, -0.2) is 38.5 Å². The van der Waals surface area contributed by atoms with Crippen molar-refractivity contribution >= 4 is 18.1 Å². The van der Waals surface area contributed by atoms with Gasteiger partial charge in [-0.15, -0.1) is 0 Å². The third-order valence-electron chi connectivity index (χ3n) is 3.05. The predicted molar refractivity (Wildman–Crippen MR) is 81.5 cm³/mol. The molecule has 0 aliphatic heterocycles. The number of hydrogen-bond acceptors (Lipinski definition) is 3. The van der Waals surface area contributed by atoms with Gasteiger partial charge in [0.2, 0.25) is 0 Å². The van der Waals surface area contributed by atoms with Crippen molar-refractivity contribution in [2.75, 3.05) is 0 Å². The lowest BCUT2D eigenvalue weighted by Crippen LogP contribution is -2.24. The second-order valence-electron chi connectivity index (χ2n) is 5.22. The van der Waals surface area contributed by atoms with E-state index in [1.165, 1.54) is 5.57 Å². The smallest absolute Gasteiger partial charge is 0.450 e. The highest BCUT2D eigenvalue weighted by molar-refractivity contribution is 5.97. The first-order valence-electron chi connectivity index (χ1n) is 6.70. The molecule has 0 aromatic carbocycles. The molecule has 0 fully saturated rings. The maximum atomic E-state index is 11.6. The molecule has 1 aliphatic rings. The summed E-state index contributed by atoms with van der Waals surface area (Å²) in [5, 5.41) is 27.9. The highest BCUT2D eigenvalue weighted by Crippen LogP contribution is 2.39. The summed E-state index contributed by atoms with van der Waals surface area (Å²) in [4.78, 5) is 28.7. The number of carboxylic acid groups (broad SMARTS) is 4. The van der Waals surface area contributed by atoms with Crippen molar-refractivity contribution in [3.8, 4) is 0 Å². The highest BCUT2D eigenvalue weighted by Gasteiger charge is 2.30. The van der Waals surface area contributed by atoms with E-state index in [4.69, 9.17) is 30.0 Å². The van der Waals surface area contributed by atoms with Crippen LogP contribution in [0.2, 0.25) is 0 Å². The molecule has 126 valence electrons. The van der Waals surface area contributed by atoms with Crippen LogP contribution in [0.15, 0.2) is 23.3 Å². The Labute approximate surface area is 129 Å². The summed E-state index contributed by atoms with van der Waals surface area (Å²) in [7, 11) is 0. The number of allylic oxidation sites excluding steroid dienone is 4. The van der Waals surface area contributed by atoms with Gasteiger partial charge in [0, 0.05) is 6.42 Å². The highest BCUT2D eigenvalue weighted by atomic mass is 16.6. The van der Waals surface area contributed by atoms with Gasteiger partial charge in [-0.3, -0.25) is 4.79 Å². The molecule has 0 bridgehead atoms. The van der Waals surface area contributed by atoms with Gasteiger partial charge in [0.05, 0.1) is 0 Å². The molecule has 0 radical (unpaired) electrons. The van der Waals surface area contributed by atoms with Gasteiger partial charge in [-0.05, 0) is 36.3 Å². The minimum atomic E-state index is -1.83. The van der Waals surface area contributed by atoms with Crippen LogP contribution < -0.4 is 0 Å². The predicted octanol–water partition coefficient (Wildman–Crippen LogP) is 4.10. The molecule has 0 saturated carbocycles. The van der Waals surface area contributed by atoms with E-state index in [1.54, 1.807) is 0 Å². The molecule has 0 amide bonds. The number of Topliss-reactive ketones (excluding diaryl/α,β-unsaturated/α-hetero) is 1. The molecule has 0 saturated heterocycles. The third kappa shape index (κ3) is 10.5. The van der Waals surface area contributed by atoms with Crippen molar-refractivity contribution in [1.82, 2.24) is 0 Å². The maximum Gasteiger partial charge on any atom is 0.503 e. The van der Waals surface area contributed by atoms with Crippen molar-refractivity contribution in [2.24, 2.45) is 5.41 Å². The molecule has 0 atom stereocenters. The number of hydrogen-bond donors (Lipinski definition) is 4. The third-order valence-corrected chi connectivity index (χ3v) is 3.05. The summed E-state index contributed by atoms with van der Waals surface area (Å²) < 4.78 is 0. The summed E-state index contributed by atoms with van der Waals surface area (Å²) >= 11 is 0. The SMILES string of the molecule is CCC=CC1=C(C)C(=O)CCC1(C)C.O=C(O)O.O=C(O)O. The van der Waals surface area contributed by atoms with Gasteiger partial charge in [-0.2, -0.15) is 0 Å².